The van der Waals surface area contributed by atoms with Gasteiger partial charge in [0.1, 0.15) is 0 Å². The minimum atomic E-state index is 0.730. The molecule has 0 bridgehead atoms. The normalized spacial score (nSPS) is 10.5. The van der Waals surface area contributed by atoms with Gasteiger partial charge < -0.3 is 5.32 Å². The molecule has 0 fully saturated rings. The van der Waals surface area contributed by atoms with Crippen LogP contribution in [0.25, 0.3) is 0 Å². The third-order valence-corrected chi connectivity index (χ3v) is 4.65. The molecule has 0 spiro atoms. The first-order chi connectivity index (χ1) is 8.16. The van der Waals surface area contributed by atoms with Crippen LogP contribution in [-0.2, 0) is 6.42 Å². The van der Waals surface area contributed by atoms with Gasteiger partial charge in [-0.05, 0) is 41.1 Å². The van der Waals surface area contributed by atoms with Crippen LogP contribution >= 0.6 is 38.9 Å². The van der Waals surface area contributed by atoms with E-state index in [1.807, 2.05) is 30.6 Å². The van der Waals surface area contributed by atoms with Gasteiger partial charge in [0, 0.05) is 28.0 Å². The van der Waals surface area contributed by atoms with Gasteiger partial charge >= 0.3 is 0 Å². The first kappa shape index (κ1) is 12.9. The lowest BCUT2D eigenvalue weighted by molar-refractivity contribution is 1.02. The average Bonchev–Trinajstić information content (AvgIpc) is 2.70. The number of anilines is 1. The molecule has 1 aromatic carbocycles. The van der Waals surface area contributed by atoms with Crippen molar-refractivity contribution in [3.63, 3.8) is 0 Å². The van der Waals surface area contributed by atoms with Gasteiger partial charge in [-0.25, -0.2) is 4.98 Å². The number of hydrogen-bond acceptors (Lipinski definition) is 3. The zero-order chi connectivity index (χ0) is 12.3. The lowest BCUT2D eigenvalue weighted by Crippen LogP contribution is -2.04. The third-order valence-electron chi connectivity index (χ3n) is 2.45. The summed E-state index contributed by atoms with van der Waals surface area (Å²) in [6.07, 6.45) is 0.997. The highest BCUT2D eigenvalue weighted by Gasteiger charge is 2.02. The molecule has 17 heavy (non-hydrogen) atoms. The van der Waals surface area contributed by atoms with E-state index in [9.17, 15) is 0 Å². The van der Waals surface area contributed by atoms with Crippen molar-refractivity contribution in [2.45, 2.75) is 13.3 Å². The van der Waals surface area contributed by atoms with Crippen molar-refractivity contribution in [2.75, 3.05) is 11.9 Å². The van der Waals surface area contributed by atoms with E-state index in [-0.39, 0.29) is 0 Å². The van der Waals surface area contributed by atoms with E-state index < -0.39 is 0 Å². The molecule has 0 amide bonds. The van der Waals surface area contributed by atoms with Gasteiger partial charge in [0.25, 0.3) is 0 Å². The standard InChI is InChI=1S/C12H12BrClN2S/c1-8-12(17-7-16-8)4-5-15-9-2-3-11(14)10(13)6-9/h2-3,6-7,15H,4-5H2,1H3. The maximum Gasteiger partial charge on any atom is 0.0797 e. The smallest absolute Gasteiger partial charge is 0.0797 e. The van der Waals surface area contributed by atoms with Crippen molar-refractivity contribution in [1.82, 2.24) is 4.98 Å². The second kappa shape index (κ2) is 5.85. The van der Waals surface area contributed by atoms with Crippen LogP contribution in [0.3, 0.4) is 0 Å². The fourth-order valence-electron chi connectivity index (χ4n) is 1.49. The number of nitrogens with zero attached hydrogens (tertiary/aromatic N) is 1. The van der Waals surface area contributed by atoms with E-state index in [2.05, 4.69) is 26.2 Å². The zero-order valence-electron chi connectivity index (χ0n) is 9.34. The van der Waals surface area contributed by atoms with Gasteiger partial charge in [-0.3, -0.25) is 0 Å². The molecule has 1 heterocycles. The molecule has 0 aliphatic carbocycles. The molecule has 0 aliphatic heterocycles. The molecular weight excluding hydrogens is 320 g/mol. The summed E-state index contributed by atoms with van der Waals surface area (Å²) in [5.41, 5.74) is 4.10. The lowest BCUT2D eigenvalue weighted by atomic mass is 10.3. The van der Waals surface area contributed by atoms with E-state index in [0.29, 0.717) is 0 Å². The molecule has 2 nitrogen and oxygen atoms in total. The lowest BCUT2D eigenvalue weighted by Gasteiger charge is -2.06. The second-order valence-electron chi connectivity index (χ2n) is 3.67. The number of aryl methyl sites for hydroxylation is 1. The summed E-state index contributed by atoms with van der Waals surface area (Å²) in [5.74, 6) is 0. The summed E-state index contributed by atoms with van der Waals surface area (Å²) >= 11 is 11.1. The van der Waals surface area contributed by atoms with Crippen LogP contribution in [0, 0.1) is 6.92 Å². The number of benzene rings is 1. The maximum absolute atomic E-state index is 5.94. The van der Waals surface area contributed by atoms with Crippen molar-refractivity contribution in [3.8, 4) is 0 Å². The maximum atomic E-state index is 5.94. The van der Waals surface area contributed by atoms with E-state index in [1.54, 1.807) is 11.3 Å². The second-order valence-corrected chi connectivity index (χ2v) is 5.87. The van der Waals surface area contributed by atoms with Crippen LogP contribution in [0.5, 0.6) is 0 Å². The summed E-state index contributed by atoms with van der Waals surface area (Å²) < 4.78 is 0.915. The Bertz CT molecular complexity index is 513. The van der Waals surface area contributed by atoms with Crippen molar-refractivity contribution >= 4 is 44.6 Å². The predicted molar refractivity (Wildman–Crippen MR) is 78.2 cm³/mol. The molecule has 2 rings (SSSR count). The fourth-order valence-corrected chi connectivity index (χ4v) is 2.77. The summed E-state index contributed by atoms with van der Waals surface area (Å²) in [5, 5.41) is 4.10. The minimum Gasteiger partial charge on any atom is -0.385 e. The number of thiazole rings is 1. The number of aromatic nitrogens is 1. The van der Waals surface area contributed by atoms with Crippen molar-refractivity contribution in [2.24, 2.45) is 0 Å². The fraction of sp³-hybridized carbons (Fsp3) is 0.250. The first-order valence-electron chi connectivity index (χ1n) is 5.24. The van der Waals surface area contributed by atoms with Crippen LogP contribution in [-0.4, -0.2) is 11.5 Å². The summed E-state index contributed by atoms with van der Waals surface area (Å²) in [6.45, 7) is 2.95. The zero-order valence-corrected chi connectivity index (χ0v) is 12.5. The van der Waals surface area contributed by atoms with Crippen LogP contribution in [0.1, 0.15) is 10.6 Å². The van der Waals surface area contributed by atoms with Crippen molar-refractivity contribution in [1.29, 1.82) is 0 Å². The van der Waals surface area contributed by atoms with E-state index >= 15 is 0 Å². The van der Waals surface area contributed by atoms with Gasteiger partial charge in [0.05, 0.1) is 16.2 Å². The van der Waals surface area contributed by atoms with Crippen molar-refractivity contribution < 1.29 is 0 Å². The molecule has 2 aromatic rings. The summed E-state index contributed by atoms with van der Waals surface area (Å²) in [6, 6.07) is 5.85. The Morgan fingerprint density at radius 1 is 1.47 bits per heavy atom. The Labute approximate surface area is 118 Å². The summed E-state index contributed by atoms with van der Waals surface area (Å²) in [4.78, 5) is 5.57. The molecule has 5 heteroatoms. The average molecular weight is 332 g/mol. The Kier molecular flexibility index (Phi) is 4.42. The molecule has 1 N–H and O–H groups in total. The topological polar surface area (TPSA) is 24.9 Å². The van der Waals surface area contributed by atoms with Crippen LogP contribution in [0.15, 0.2) is 28.2 Å². The Morgan fingerprint density at radius 3 is 2.94 bits per heavy atom. The number of rotatable bonds is 4. The highest BCUT2D eigenvalue weighted by Crippen LogP contribution is 2.25. The number of hydrogen-bond donors (Lipinski definition) is 1. The molecule has 90 valence electrons. The van der Waals surface area contributed by atoms with E-state index in [0.717, 1.165) is 33.8 Å². The Hall–Kier alpha value is -0.580. The molecule has 0 radical (unpaired) electrons. The third kappa shape index (κ3) is 3.44. The number of halogens is 2. The van der Waals surface area contributed by atoms with Gasteiger partial charge in [-0.15, -0.1) is 11.3 Å². The van der Waals surface area contributed by atoms with E-state index in [4.69, 9.17) is 11.6 Å². The van der Waals surface area contributed by atoms with Crippen LogP contribution < -0.4 is 5.32 Å². The molecule has 0 unspecified atom stereocenters. The van der Waals surface area contributed by atoms with Gasteiger partial charge in [-0.1, -0.05) is 11.6 Å². The quantitative estimate of drug-likeness (QED) is 0.891. The highest BCUT2D eigenvalue weighted by atomic mass is 79.9. The molecule has 0 saturated carbocycles. The van der Waals surface area contributed by atoms with Crippen molar-refractivity contribution in [3.05, 3.63) is 43.8 Å². The SMILES string of the molecule is Cc1ncsc1CCNc1ccc(Cl)c(Br)c1. The Balaban J connectivity index is 1.90. The first-order valence-corrected chi connectivity index (χ1v) is 7.30. The van der Waals surface area contributed by atoms with Crippen LogP contribution in [0.2, 0.25) is 5.02 Å². The van der Waals surface area contributed by atoms with E-state index in [1.165, 1.54) is 4.88 Å². The number of nitrogens with one attached hydrogen (secondary N) is 1. The van der Waals surface area contributed by atoms with Gasteiger partial charge in [0.2, 0.25) is 0 Å². The molecular formula is C12H12BrClN2S. The predicted octanol–water partition coefficient (Wildman–Crippen LogP) is 4.52. The Morgan fingerprint density at radius 2 is 2.29 bits per heavy atom. The molecule has 1 aromatic heterocycles. The monoisotopic (exact) mass is 330 g/mol. The molecule has 0 aliphatic rings. The van der Waals surface area contributed by atoms with Gasteiger partial charge in [-0.2, -0.15) is 0 Å². The van der Waals surface area contributed by atoms with Crippen LogP contribution in [0.4, 0.5) is 5.69 Å². The minimum absolute atomic E-state index is 0.730. The highest BCUT2D eigenvalue weighted by molar-refractivity contribution is 9.10. The largest absolute Gasteiger partial charge is 0.385 e. The molecule has 0 saturated heterocycles. The molecule has 0 atom stereocenters. The summed E-state index contributed by atoms with van der Waals surface area (Å²) in [7, 11) is 0. The van der Waals surface area contributed by atoms with Gasteiger partial charge in [0.15, 0.2) is 0 Å².